The van der Waals surface area contributed by atoms with Crippen LogP contribution < -0.4 is 0 Å². The number of fused-ring (bicyclic) bond motifs is 2. The van der Waals surface area contributed by atoms with Crippen molar-refractivity contribution in [1.82, 2.24) is 0 Å². The normalized spacial score (nSPS) is 38.1. The Morgan fingerprint density at radius 2 is 2.00 bits per heavy atom. The van der Waals surface area contributed by atoms with Gasteiger partial charge in [0.1, 0.15) is 5.78 Å². The first-order valence-corrected chi connectivity index (χ1v) is 4.52. The Hall–Kier alpha value is -0.850. The molecule has 0 saturated heterocycles. The fraction of sp³-hybridized carbons (Fsp3) is 0.545. The van der Waals surface area contributed by atoms with Gasteiger partial charge in [-0.2, -0.15) is 0 Å². The Morgan fingerprint density at radius 1 is 1.33 bits per heavy atom. The Bertz CT molecular complexity index is 292. The highest BCUT2D eigenvalue weighted by atomic mass is 16.1. The average molecular weight is 162 g/mol. The van der Waals surface area contributed by atoms with Crippen LogP contribution in [0.4, 0.5) is 0 Å². The van der Waals surface area contributed by atoms with Gasteiger partial charge in [-0.15, -0.1) is 0 Å². The van der Waals surface area contributed by atoms with Gasteiger partial charge in [-0.25, -0.2) is 0 Å². The highest BCUT2D eigenvalue weighted by Gasteiger charge is 2.45. The van der Waals surface area contributed by atoms with Crippen LogP contribution >= 0.6 is 0 Å². The first-order chi connectivity index (χ1) is 5.63. The maximum atomic E-state index is 11.6. The maximum absolute atomic E-state index is 11.6. The van der Waals surface area contributed by atoms with Gasteiger partial charge in [0.25, 0.3) is 0 Å². The van der Waals surface area contributed by atoms with Crippen LogP contribution in [0.1, 0.15) is 20.8 Å². The number of rotatable bonds is 0. The lowest BCUT2D eigenvalue weighted by Gasteiger charge is -2.09. The summed E-state index contributed by atoms with van der Waals surface area (Å²) in [6.45, 7) is 6.25. The van der Waals surface area contributed by atoms with Gasteiger partial charge >= 0.3 is 0 Å². The van der Waals surface area contributed by atoms with Crippen molar-refractivity contribution in [2.24, 2.45) is 17.8 Å². The van der Waals surface area contributed by atoms with Crippen molar-refractivity contribution in [1.29, 1.82) is 0 Å². The Morgan fingerprint density at radius 3 is 2.33 bits per heavy atom. The third-order valence-electron chi connectivity index (χ3n) is 3.08. The smallest absolute Gasteiger partial charge is 0.147 e. The molecule has 0 amide bonds. The van der Waals surface area contributed by atoms with E-state index in [1.54, 1.807) is 0 Å². The Kier molecular flexibility index (Phi) is 1.50. The molecule has 2 aliphatic rings. The van der Waals surface area contributed by atoms with Crippen molar-refractivity contribution in [2.75, 3.05) is 0 Å². The van der Waals surface area contributed by atoms with Crippen LogP contribution in [0, 0.1) is 17.8 Å². The van der Waals surface area contributed by atoms with Gasteiger partial charge in [0, 0.05) is 11.8 Å². The number of hydrogen-bond donors (Lipinski definition) is 0. The predicted octanol–water partition coefficient (Wildman–Crippen LogP) is 2.34. The number of allylic oxidation sites excluding steroid dienone is 4. The van der Waals surface area contributed by atoms with Crippen LogP contribution in [0.3, 0.4) is 0 Å². The zero-order valence-corrected chi connectivity index (χ0v) is 7.79. The molecule has 0 spiro atoms. The van der Waals surface area contributed by atoms with Gasteiger partial charge in [0.2, 0.25) is 0 Å². The highest BCUT2D eigenvalue weighted by Crippen LogP contribution is 2.46. The van der Waals surface area contributed by atoms with Gasteiger partial charge in [-0.3, -0.25) is 4.79 Å². The van der Waals surface area contributed by atoms with Gasteiger partial charge in [-0.1, -0.05) is 24.6 Å². The van der Waals surface area contributed by atoms with Crippen molar-refractivity contribution in [3.63, 3.8) is 0 Å². The third-order valence-corrected chi connectivity index (χ3v) is 3.08. The second-order valence-corrected chi connectivity index (χ2v) is 4.03. The quantitative estimate of drug-likeness (QED) is 0.500. The molecule has 1 saturated carbocycles. The van der Waals surface area contributed by atoms with E-state index < -0.39 is 0 Å². The Balaban J connectivity index is 2.50. The number of carbonyl (C=O) groups is 1. The van der Waals surface area contributed by atoms with E-state index in [-0.39, 0.29) is 11.8 Å². The lowest BCUT2D eigenvalue weighted by Crippen LogP contribution is -2.14. The molecule has 2 bridgehead atoms. The minimum atomic E-state index is 0.134. The molecule has 0 aromatic heterocycles. The molecule has 0 aliphatic heterocycles. The molecule has 0 radical (unpaired) electrons. The summed E-state index contributed by atoms with van der Waals surface area (Å²) in [5, 5.41) is 0. The fourth-order valence-corrected chi connectivity index (χ4v) is 2.43. The molecule has 0 aromatic rings. The largest absolute Gasteiger partial charge is 0.298 e. The molecule has 1 fully saturated rings. The molecule has 1 nitrogen and oxygen atoms in total. The fourth-order valence-electron chi connectivity index (χ4n) is 2.43. The van der Waals surface area contributed by atoms with E-state index >= 15 is 0 Å². The number of hydrogen-bond acceptors (Lipinski definition) is 1. The predicted molar refractivity (Wildman–Crippen MR) is 48.7 cm³/mol. The summed E-state index contributed by atoms with van der Waals surface area (Å²) in [4.78, 5) is 11.6. The standard InChI is InChI=1S/C11H14O/c1-6(2)10-8-4-5-9(10)11(12)7(8)3/h4-5,7-9H,1-3H3. The first kappa shape index (κ1) is 7.78. The molecule has 0 heterocycles. The lowest BCUT2D eigenvalue weighted by molar-refractivity contribution is -0.122. The molecule has 2 rings (SSSR count). The maximum Gasteiger partial charge on any atom is 0.147 e. The minimum Gasteiger partial charge on any atom is -0.298 e. The van der Waals surface area contributed by atoms with Gasteiger partial charge in [0.15, 0.2) is 0 Å². The average Bonchev–Trinajstić information content (AvgIpc) is 2.51. The summed E-state index contributed by atoms with van der Waals surface area (Å²) < 4.78 is 0. The number of ketones is 1. The molecular weight excluding hydrogens is 148 g/mol. The molecule has 2 aliphatic carbocycles. The van der Waals surface area contributed by atoms with Crippen molar-refractivity contribution in [3.8, 4) is 0 Å². The van der Waals surface area contributed by atoms with Crippen LogP contribution in [0.2, 0.25) is 0 Å². The van der Waals surface area contributed by atoms with Gasteiger partial charge in [0.05, 0.1) is 5.92 Å². The molecule has 0 N–H and O–H groups in total. The van der Waals surface area contributed by atoms with Crippen LogP contribution in [0.25, 0.3) is 0 Å². The van der Waals surface area contributed by atoms with Gasteiger partial charge in [-0.05, 0) is 19.4 Å². The number of carbonyl (C=O) groups excluding carboxylic acids is 1. The van der Waals surface area contributed by atoms with Crippen molar-refractivity contribution < 1.29 is 4.79 Å². The van der Waals surface area contributed by atoms with E-state index in [1.165, 1.54) is 11.1 Å². The van der Waals surface area contributed by atoms with E-state index in [1.807, 2.05) is 6.92 Å². The molecule has 1 heteroatoms. The van der Waals surface area contributed by atoms with Crippen molar-refractivity contribution >= 4 is 5.78 Å². The molecule has 64 valence electrons. The molecule has 3 atom stereocenters. The van der Waals surface area contributed by atoms with E-state index in [2.05, 4.69) is 26.0 Å². The van der Waals surface area contributed by atoms with Gasteiger partial charge < -0.3 is 0 Å². The van der Waals surface area contributed by atoms with E-state index in [9.17, 15) is 4.79 Å². The SMILES string of the molecule is CC(C)=C1C2C=CC1C(C)C2=O. The lowest BCUT2D eigenvalue weighted by atomic mass is 9.94. The molecule has 0 aromatic carbocycles. The summed E-state index contributed by atoms with van der Waals surface area (Å²) >= 11 is 0. The molecular formula is C11H14O. The first-order valence-electron chi connectivity index (χ1n) is 4.52. The third kappa shape index (κ3) is 0.767. The van der Waals surface area contributed by atoms with Crippen molar-refractivity contribution in [2.45, 2.75) is 20.8 Å². The summed E-state index contributed by atoms with van der Waals surface area (Å²) in [6, 6.07) is 0. The van der Waals surface area contributed by atoms with E-state index in [4.69, 9.17) is 0 Å². The topological polar surface area (TPSA) is 17.1 Å². The summed E-state index contributed by atoms with van der Waals surface area (Å²) in [6.07, 6.45) is 4.26. The van der Waals surface area contributed by atoms with Crippen LogP contribution in [0.15, 0.2) is 23.3 Å². The van der Waals surface area contributed by atoms with Crippen LogP contribution in [-0.2, 0) is 4.79 Å². The second-order valence-electron chi connectivity index (χ2n) is 4.03. The zero-order valence-electron chi connectivity index (χ0n) is 7.79. The monoisotopic (exact) mass is 162 g/mol. The minimum absolute atomic E-state index is 0.134. The second kappa shape index (κ2) is 2.32. The Labute approximate surface area is 73.2 Å². The van der Waals surface area contributed by atoms with Crippen LogP contribution in [-0.4, -0.2) is 5.78 Å². The zero-order chi connectivity index (χ0) is 8.88. The van der Waals surface area contributed by atoms with E-state index in [0.29, 0.717) is 11.7 Å². The summed E-state index contributed by atoms with van der Waals surface area (Å²) in [7, 11) is 0. The number of Topliss-reactive ketones (excluding diaryl/α,β-unsaturated/α-hetero) is 1. The van der Waals surface area contributed by atoms with Crippen LogP contribution in [0.5, 0.6) is 0 Å². The highest BCUT2D eigenvalue weighted by molar-refractivity contribution is 5.93. The molecule has 12 heavy (non-hydrogen) atoms. The molecule has 3 unspecified atom stereocenters. The summed E-state index contributed by atoms with van der Waals surface area (Å²) in [5.41, 5.74) is 2.69. The summed E-state index contributed by atoms with van der Waals surface area (Å²) in [5.74, 6) is 1.20. The van der Waals surface area contributed by atoms with Crippen molar-refractivity contribution in [3.05, 3.63) is 23.3 Å². The van der Waals surface area contributed by atoms with E-state index in [0.717, 1.165) is 0 Å².